The highest BCUT2D eigenvalue weighted by Gasteiger charge is 2.80. The van der Waals surface area contributed by atoms with Gasteiger partial charge in [0.25, 0.3) is 0 Å². The first-order valence-electron chi connectivity index (χ1n) is 12.7. The molecule has 41 heavy (non-hydrogen) atoms. The molecule has 0 aliphatic heterocycles. The van der Waals surface area contributed by atoms with Crippen molar-refractivity contribution < 1.29 is 26.3 Å². The Hall–Kier alpha value is -3.24. The van der Waals surface area contributed by atoms with Crippen LogP contribution in [0.2, 0.25) is 0 Å². The molecule has 0 saturated heterocycles. The molecule has 1 aliphatic carbocycles. The first-order chi connectivity index (χ1) is 19.1. The summed E-state index contributed by atoms with van der Waals surface area (Å²) in [7, 11) is 7.48. The summed E-state index contributed by atoms with van der Waals surface area (Å²) in [5.41, 5.74) is -0.0372. The SMILES string of the molecule is Cc1sc(-c2ccc(N(C)C)cc2)cc1C1=C(c2cc(-c3ccc(N(C)C)cc3)sc2C)C(F)(F)C(F)(F)C1(F)F. The summed E-state index contributed by atoms with van der Waals surface area (Å²) in [6.45, 7) is 2.98. The Morgan fingerprint density at radius 3 is 1.15 bits per heavy atom. The average Bonchev–Trinajstić information content (AvgIpc) is 3.51. The molecule has 0 fully saturated rings. The van der Waals surface area contributed by atoms with Crippen LogP contribution < -0.4 is 9.80 Å². The van der Waals surface area contributed by atoms with E-state index in [2.05, 4.69) is 0 Å². The molecule has 2 aromatic heterocycles. The van der Waals surface area contributed by atoms with Gasteiger partial charge in [0.15, 0.2) is 0 Å². The van der Waals surface area contributed by atoms with Gasteiger partial charge in [-0.15, -0.1) is 22.7 Å². The van der Waals surface area contributed by atoms with E-state index in [0.717, 1.165) is 34.0 Å². The maximum atomic E-state index is 15.5. The Kier molecular flexibility index (Phi) is 7.10. The van der Waals surface area contributed by atoms with Gasteiger partial charge in [-0.2, -0.15) is 26.3 Å². The van der Waals surface area contributed by atoms with Crippen LogP contribution in [0.4, 0.5) is 37.7 Å². The van der Waals surface area contributed by atoms with E-state index < -0.39 is 28.9 Å². The molecular formula is C31H28F6N2S2. The van der Waals surface area contributed by atoms with Gasteiger partial charge in [0, 0.05) is 70.2 Å². The van der Waals surface area contributed by atoms with E-state index in [1.807, 2.05) is 62.3 Å². The van der Waals surface area contributed by atoms with Crippen molar-refractivity contribution >= 4 is 45.2 Å². The lowest BCUT2D eigenvalue weighted by atomic mass is 9.94. The topological polar surface area (TPSA) is 6.48 Å². The summed E-state index contributed by atoms with van der Waals surface area (Å²) < 4.78 is 92.1. The molecule has 10 heteroatoms. The maximum Gasteiger partial charge on any atom is 0.380 e. The number of nitrogens with zero attached hydrogens (tertiary/aromatic N) is 2. The van der Waals surface area contributed by atoms with Gasteiger partial charge in [-0.3, -0.25) is 0 Å². The fourth-order valence-electron chi connectivity index (χ4n) is 5.03. The fraction of sp³-hybridized carbons (Fsp3) is 0.290. The van der Waals surface area contributed by atoms with Gasteiger partial charge < -0.3 is 9.80 Å². The van der Waals surface area contributed by atoms with Crippen molar-refractivity contribution in [2.24, 2.45) is 0 Å². The van der Waals surface area contributed by atoms with Crippen molar-refractivity contribution in [2.75, 3.05) is 38.0 Å². The molecule has 216 valence electrons. The Labute approximate surface area is 243 Å². The zero-order valence-corrected chi connectivity index (χ0v) is 24.9. The predicted octanol–water partition coefficient (Wildman–Crippen LogP) is 9.72. The second-order valence-corrected chi connectivity index (χ2v) is 13.0. The number of benzene rings is 2. The number of anilines is 2. The van der Waals surface area contributed by atoms with Crippen molar-refractivity contribution in [2.45, 2.75) is 31.6 Å². The Bertz CT molecular complexity index is 1510. The molecule has 1 aliphatic rings. The Morgan fingerprint density at radius 2 is 0.854 bits per heavy atom. The van der Waals surface area contributed by atoms with Crippen molar-refractivity contribution in [1.29, 1.82) is 0 Å². The first kappa shape index (κ1) is 29.3. The Balaban J connectivity index is 1.69. The van der Waals surface area contributed by atoms with Crippen LogP contribution in [0.5, 0.6) is 0 Å². The molecule has 0 atom stereocenters. The minimum Gasteiger partial charge on any atom is -0.378 e. The first-order valence-corrected chi connectivity index (χ1v) is 14.4. The highest BCUT2D eigenvalue weighted by molar-refractivity contribution is 7.16. The predicted molar refractivity (Wildman–Crippen MR) is 159 cm³/mol. The van der Waals surface area contributed by atoms with E-state index in [4.69, 9.17) is 0 Å². The summed E-state index contributed by atoms with van der Waals surface area (Å²) in [5.74, 6) is -15.8. The molecule has 0 spiro atoms. The molecule has 5 rings (SSSR count). The standard InChI is InChI=1S/C31H28F6N2S2/c1-17-23(15-25(40-17)19-7-11-21(12-8-19)38(3)4)27-28(30(34,35)31(36,37)29(27,32)33)24-16-26(41-18(24)2)20-9-13-22(14-10-20)39(5)6/h7-16H,1-6H3. The number of allylic oxidation sites excluding steroid dienone is 2. The molecule has 4 aromatic rings. The van der Waals surface area contributed by atoms with Gasteiger partial charge in [-0.25, -0.2) is 0 Å². The highest BCUT2D eigenvalue weighted by Crippen LogP contribution is 2.66. The molecule has 0 unspecified atom stereocenters. The summed E-state index contributed by atoms with van der Waals surface area (Å²) in [6, 6.07) is 17.1. The number of hydrogen-bond acceptors (Lipinski definition) is 4. The quantitative estimate of drug-likeness (QED) is 0.202. The lowest BCUT2D eigenvalue weighted by Gasteiger charge is -2.25. The molecule has 0 N–H and O–H groups in total. The summed E-state index contributed by atoms with van der Waals surface area (Å²) >= 11 is 2.21. The van der Waals surface area contributed by atoms with E-state index >= 15 is 17.6 Å². The average molecular weight is 607 g/mol. The second-order valence-electron chi connectivity index (χ2n) is 10.5. The van der Waals surface area contributed by atoms with Crippen molar-refractivity contribution in [3.05, 3.63) is 81.5 Å². The number of thiophene rings is 2. The van der Waals surface area contributed by atoms with Crippen molar-refractivity contribution in [3.8, 4) is 20.9 Å². The van der Waals surface area contributed by atoms with Crippen LogP contribution in [-0.2, 0) is 0 Å². The van der Waals surface area contributed by atoms with Crippen LogP contribution in [0.15, 0.2) is 60.7 Å². The monoisotopic (exact) mass is 606 g/mol. The van der Waals surface area contributed by atoms with Crippen molar-refractivity contribution in [1.82, 2.24) is 0 Å². The third-order valence-corrected chi connectivity index (χ3v) is 9.58. The van der Waals surface area contributed by atoms with Crippen LogP contribution in [0.25, 0.3) is 32.0 Å². The van der Waals surface area contributed by atoms with Crippen LogP contribution in [0.1, 0.15) is 20.9 Å². The molecule has 2 nitrogen and oxygen atoms in total. The van der Waals surface area contributed by atoms with Crippen molar-refractivity contribution in [3.63, 3.8) is 0 Å². The molecule has 2 heterocycles. The molecule has 0 saturated carbocycles. The maximum absolute atomic E-state index is 15.5. The largest absolute Gasteiger partial charge is 0.380 e. The summed E-state index contributed by atoms with van der Waals surface area (Å²) in [4.78, 5) is 5.34. The van der Waals surface area contributed by atoms with Gasteiger partial charge in [0.1, 0.15) is 0 Å². The molecule has 0 amide bonds. The highest BCUT2D eigenvalue weighted by atomic mass is 32.1. The summed E-state index contributed by atoms with van der Waals surface area (Å²) in [5, 5.41) is 0. The van der Waals surface area contributed by atoms with E-state index in [0.29, 0.717) is 20.9 Å². The number of alkyl halides is 6. The van der Waals surface area contributed by atoms with E-state index in [1.165, 1.54) is 26.0 Å². The van der Waals surface area contributed by atoms with Crippen LogP contribution in [0, 0.1) is 13.8 Å². The van der Waals surface area contributed by atoms with Gasteiger partial charge in [-0.05, 0) is 72.5 Å². The van der Waals surface area contributed by atoms with E-state index in [-0.39, 0.29) is 20.9 Å². The van der Waals surface area contributed by atoms with E-state index in [1.54, 1.807) is 24.3 Å². The zero-order chi connectivity index (χ0) is 30.1. The number of hydrogen-bond donors (Lipinski definition) is 0. The minimum atomic E-state index is -5.60. The second kappa shape index (κ2) is 9.94. The molecule has 0 bridgehead atoms. The fourth-order valence-corrected chi connectivity index (χ4v) is 7.09. The number of halogens is 6. The third-order valence-electron chi connectivity index (χ3n) is 7.38. The van der Waals surface area contributed by atoms with Gasteiger partial charge in [0.2, 0.25) is 0 Å². The minimum absolute atomic E-state index is 0.254. The lowest BCUT2D eigenvalue weighted by molar-refractivity contribution is -0.254. The van der Waals surface area contributed by atoms with Gasteiger partial charge >= 0.3 is 17.8 Å². The molecular weight excluding hydrogens is 578 g/mol. The lowest BCUT2D eigenvalue weighted by Crippen LogP contribution is -2.48. The Morgan fingerprint density at radius 1 is 0.537 bits per heavy atom. The van der Waals surface area contributed by atoms with Crippen LogP contribution in [-0.4, -0.2) is 46.0 Å². The van der Waals surface area contributed by atoms with Gasteiger partial charge in [-0.1, -0.05) is 24.3 Å². The third kappa shape index (κ3) is 4.55. The zero-order valence-electron chi connectivity index (χ0n) is 23.3. The summed E-state index contributed by atoms with van der Waals surface area (Å²) in [6.07, 6.45) is 0. The number of aryl methyl sites for hydroxylation is 2. The normalized spacial score (nSPS) is 17.3. The van der Waals surface area contributed by atoms with Gasteiger partial charge in [0.05, 0.1) is 0 Å². The van der Waals surface area contributed by atoms with E-state index in [9.17, 15) is 8.78 Å². The number of rotatable bonds is 6. The molecule has 2 aromatic carbocycles. The van der Waals surface area contributed by atoms with Crippen LogP contribution in [0.3, 0.4) is 0 Å². The van der Waals surface area contributed by atoms with Crippen LogP contribution >= 0.6 is 22.7 Å². The smallest absolute Gasteiger partial charge is 0.378 e. The molecule has 0 radical (unpaired) electrons.